The first-order valence-electron chi connectivity index (χ1n) is 9.49. The van der Waals surface area contributed by atoms with Crippen LogP contribution in [0.15, 0.2) is 0 Å². The molecule has 4 heteroatoms. The highest BCUT2D eigenvalue weighted by Gasteiger charge is 2.19. The van der Waals surface area contributed by atoms with Crippen molar-refractivity contribution >= 4 is 0 Å². The Balaban J connectivity index is 1.69. The summed E-state index contributed by atoms with van der Waals surface area (Å²) in [5.74, 6) is 0. The van der Waals surface area contributed by atoms with Gasteiger partial charge in [-0.15, -0.1) is 0 Å². The van der Waals surface area contributed by atoms with E-state index in [1.54, 1.807) is 0 Å². The summed E-state index contributed by atoms with van der Waals surface area (Å²) in [7, 11) is 0. The third-order valence-electron chi connectivity index (χ3n) is 5.44. The van der Waals surface area contributed by atoms with E-state index in [2.05, 4.69) is 47.3 Å². The largest absolute Gasteiger partial charge is 0.301 e. The van der Waals surface area contributed by atoms with E-state index in [1.165, 1.54) is 78.3 Å². The average molecular weight is 311 g/mol. The maximum Gasteiger partial charge on any atom is 0.0112 e. The lowest BCUT2D eigenvalue weighted by Crippen LogP contribution is -2.40. The van der Waals surface area contributed by atoms with Crippen molar-refractivity contribution in [3.8, 4) is 0 Å². The second kappa shape index (κ2) is 9.21. The van der Waals surface area contributed by atoms with Gasteiger partial charge in [0.05, 0.1) is 0 Å². The Kier molecular flexibility index (Phi) is 7.61. The lowest BCUT2D eigenvalue weighted by molar-refractivity contribution is 0.190. The molecule has 0 spiro atoms. The molecular weight excluding hydrogens is 272 g/mol. The minimum absolute atomic E-state index is 0.701. The fourth-order valence-corrected chi connectivity index (χ4v) is 3.74. The molecule has 130 valence electrons. The molecule has 4 nitrogen and oxygen atoms in total. The Morgan fingerprint density at radius 3 is 1.32 bits per heavy atom. The van der Waals surface area contributed by atoms with Gasteiger partial charge in [0.1, 0.15) is 0 Å². The summed E-state index contributed by atoms with van der Waals surface area (Å²) < 4.78 is 0. The molecule has 0 bridgehead atoms. The summed E-state index contributed by atoms with van der Waals surface area (Å²) in [6.45, 7) is 22.0. The Bertz CT molecular complexity index is 275. The lowest BCUT2D eigenvalue weighted by Gasteiger charge is -2.27. The summed E-state index contributed by atoms with van der Waals surface area (Å²) in [6, 6.07) is 1.40. The normalized spacial score (nSPS) is 24.8. The van der Waals surface area contributed by atoms with Crippen molar-refractivity contribution in [2.45, 2.75) is 52.6 Å². The van der Waals surface area contributed by atoms with Crippen molar-refractivity contribution in [3.63, 3.8) is 0 Å². The highest BCUT2D eigenvalue weighted by Crippen LogP contribution is 2.09. The molecule has 0 saturated carbocycles. The predicted octanol–water partition coefficient (Wildman–Crippen LogP) is 1.82. The molecule has 0 amide bonds. The van der Waals surface area contributed by atoms with E-state index < -0.39 is 0 Å². The van der Waals surface area contributed by atoms with Crippen LogP contribution in [0.1, 0.15) is 40.5 Å². The molecule has 2 aliphatic rings. The van der Waals surface area contributed by atoms with Crippen LogP contribution in [0.5, 0.6) is 0 Å². The second-order valence-electron chi connectivity index (χ2n) is 7.65. The zero-order valence-corrected chi connectivity index (χ0v) is 15.4. The molecule has 0 aromatic rings. The molecule has 0 N–H and O–H groups in total. The minimum Gasteiger partial charge on any atom is -0.301 e. The zero-order valence-electron chi connectivity index (χ0n) is 15.4. The first-order valence-corrected chi connectivity index (χ1v) is 9.49. The van der Waals surface area contributed by atoms with Gasteiger partial charge in [0, 0.05) is 51.4 Å². The van der Waals surface area contributed by atoms with Crippen LogP contribution in [0.2, 0.25) is 0 Å². The Hall–Kier alpha value is -0.160. The van der Waals surface area contributed by atoms with E-state index in [9.17, 15) is 0 Å². The number of nitrogens with zero attached hydrogens (tertiary/aromatic N) is 4. The predicted molar refractivity (Wildman–Crippen MR) is 95.5 cm³/mol. The van der Waals surface area contributed by atoms with Gasteiger partial charge in [-0.1, -0.05) is 0 Å². The molecular formula is C18H38N4. The molecule has 2 heterocycles. The molecule has 0 aromatic heterocycles. The van der Waals surface area contributed by atoms with Crippen LogP contribution in [0.25, 0.3) is 0 Å². The van der Waals surface area contributed by atoms with Gasteiger partial charge in [0.15, 0.2) is 0 Å². The fraction of sp³-hybridized carbons (Fsp3) is 1.00. The van der Waals surface area contributed by atoms with Crippen molar-refractivity contribution in [2.75, 3.05) is 65.4 Å². The van der Waals surface area contributed by atoms with Crippen LogP contribution in [0, 0.1) is 0 Å². The van der Waals surface area contributed by atoms with Gasteiger partial charge in [0.2, 0.25) is 0 Å². The molecule has 2 saturated heterocycles. The van der Waals surface area contributed by atoms with E-state index in [0.29, 0.717) is 12.1 Å². The van der Waals surface area contributed by atoms with Crippen LogP contribution < -0.4 is 0 Å². The van der Waals surface area contributed by atoms with Gasteiger partial charge in [-0.3, -0.25) is 9.80 Å². The number of hydrogen-bond donors (Lipinski definition) is 0. The molecule has 2 fully saturated rings. The summed E-state index contributed by atoms with van der Waals surface area (Å²) in [6.07, 6.45) is 2.67. The first kappa shape index (κ1) is 18.2. The highest BCUT2D eigenvalue weighted by molar-refractivity contribution is 4.75. The van der Waals surface area contributed by atoms with Gasteiger partial charge in [-0.2, -0.15) is 0 Å². The molecule has 0 aliphatic carbocycles. The Morgan fingerprint density at radius 2 is 0.955 bits per heavy atom. The molecule has 0 unspecified atom stereocenters. The summed E-state index contributed by atoms with van der Waals surface area (Å²) in [5, 5.41) is 0. The molecule has 2 rings (SSSR count). The van der Waals surface area contributed by atoms with Crippen molar-refractivity contribution in [2.24, 2.45) is 0 Å². The summed E-state index contributed by atoms with van der Waals surface area (Å²) in [4.78, 5) is 10.6. The van der Waals surface area contributed by atoms with Gasteiger partial charge in [-0.05, 0) is 66.7 Å². The zero-order chi connectivity index (χ0) is 15.9. The quantitative estimate of drug-likeness (QED) is 0.768. The van der Waals surface area contributed by atoms with E-state index in [4.69, 9.17) is 0 Å². The van der Waals surface area contributed by atoms with Gasteiger partial charge in [-0.25, -0.2) is 0 Å². The summed E-state index contributed by atoms with van der Waals surface area (Å²) >= 11 is 0. The Morgan fingerprint density at radius 1 is 0.545 bits per heavy atom. The molecule has 22 heavy (non-hydrogen) atoms. The van der Waals surface area contributed by atoms with E-state index in [1.807, 2.05) is 0 Å². The SMILES string of the molecule is CC(C)N1CCCN(CCN2CCCN(C(C)C)CC2)CC1. The van der Waals surface area contributed by atoms with E-state index in [-0.39, 0.29) is 0 Å². The first-order chi connectivity index (χ1) is 10.6. The van der Waals surface area contributed by atoms with Gasteiger partial charge < -0.3 is 9.80 Å². The van der Waals surface area contributed by atoms with Crippen molar-refractivity contribution in [1.29, 1.82) is 0 Å². The maximum atomic E-state index is 2.69. The van der Waals surface area contributed by atoms with Gasteiger partial charge >= 0.3 is 0 Å². The number of hydrogen-bond acceptors (Lipinski definition) is 4. The van der Waals surface area contributed by atoms with Crippen molar-refractivity contribution < 1.29 is 0 Å². The molecule has 2 aliphatic heterocycles. The fourth-order valence-electron chi connectivity index (χ4n) is 3.74. The third-order valence-corrected chi connectivity index (χ3v) is 5.44. The lowest BCUT2D eigenvalue weighted by atomic mass is 10.3. The molecule has 0 radical (unpaired) electrons. The highest BCUT2D eigenvalue weighted by atomic mass is 15.3. The smallest absolute Gasteiger partial charge is 0.0112 e. The monoisotopic (exact) mass is 310 g/mol. The van der Waals surface area contributed by atoms with Crippen LogP contribution in [0.4, 0.5) is 0 Å². The van der Waals surface area contributed by atoms with Crippen LogP contribution in [0.3, 0.4) is 0 Å². The Labute approximate surface area is 138 Å². The van der Waals surface area contributed by atoms with E-state index in [0.717, 1.165) is 0 Å². The maximum absolute atomic E-state index is 2.69. The van der Waals surface area contributed by atoms with Crippen LogP contribution in [-0.4, -0.2) is 97.1 Å². The third kappa shape index (κ3) is 5.80. The number of rotatable bonds is 5. The standard InChI is InChI=1S/C18H38N4/c1-17(2)21-9-5-7-19(13-15-21)11-12-20-8-6-10-22(16-14-20)18(3)4/h17-18H,5-16H2,1-4H3. The van der Waals surface area contributed by atoms with Crippen LogP contribution in [-0.2, 0) is 0 Å². The summed E-state index contributed by atoms with van der Waals surface area (Å²) in [5.41, 5.74) is 0. The van der Waals surface area contributed by atoms with E-state index >= 15 is 0 Å². The second-order valence-corrected chi connectivity index (χ2v) is 7.65. The average Bonchev–Trinajstić information content (AvgIpc) is 2.85. The van der Waals surface area contributed by atoms with Crippen LogP contribution >= 0.6 is 0 Å². The molecule has 0 atom stereocenters. The van der Waals surface area contributed by atoms with Gasteiger partial charge in [0.25, 0.3) is 0 Å². The van der Waals surface area contributed by atoms with Crippen molar-refractivity contribution in [1.82, 2.24) is 19.6 Å². The minimum atomic E-state index is 0.701. The molecule has 0 aromatic carbocycles. The topological polar surface area (TPSA) is 13.0 Å². The van der Waals surface area contributed by atoms with Crippen molar-refractivity contribution in [3.05, 3.63) is 0 Å².